The predicted octanol–water partition coefficient (Wildman–Crippen LogP) is 5.91. The van der Waals surface area contributed by atoms with Gasteiger partial charge in [-0.3, -0.25) is 4.98 Å². The van der Waals surface area contributed by atoms with E-state index in [0.717, 1.165) is 24.5 Å². The summed E-state index contributed by atoms with van der Waals surface area (Å²) in [6.07, 6.45) is -5.33. The lowest BCUT2D eigenvalue weighted by Gasteiger charge is -2.39. The Balaban J connectivity index is 1.36. The van der Waals surface area contributed by atoms with Gasteiger partial charge in [0.25, 0.3) is 0 Å². The van der Waals surface area contributed by atoms with Crippen molar-refractivity contribution >= 4 is 11.3 Å². The summed E-state index contributed by atoms with van der Waals surface area (Å²) >= 11 is 0. The molecular formula is C25H27F6N5O. The highest BCUT2D eigenvalue weighted by atomic mass is 19.4. The lowest BCUT2D eigenvalue weighted by Crippen LogP contribution is -2.43. The van der Waals surface area contributed by atoms with Crippen LogP contribution in [-0.4, -0.2) is 45.5 Å². The molecule has 1 saturated carbocycles. The molecule has 3 aromatic heterocycles. The Bertz CT molecular complexity index is 1260. The van der Waals surface area contributed by atoms with Crippen LogP contribution in [0.25, 0.3) is 5.65 Å². The first-order chi connectivity index (χ1) is 17.4. The second-order valence-electron chi connectivity index (χ2n) is 10.2. The molecule has 3 aromatic rings. The van der Waals surface area contributed by atoms with Crippen LogP contribution >= 0.6 is 0 Å². The highest BCUT2D eigenvalue weighted by molar-refractivity contribution is 5.52. The van der Waals surface area contributed by atoms with Gasteiger partial charge in [-0.25, -0.2) is 4.98 Å². The first kappa shape index (κ1) is 25.6. The van der Waals surface area contributed by atoms with Crippen molar-refractivity contribution in [2.75, 3.05) is 24.6 Å². The summed E-state index contributed by atoms with van der Waals surface area (Å²) in [6.45, 7) is 3.75. The number of halogens is 6. The van der Waals surface area contributed by atoms with Gasteiger partial charge in [-0.15, -0.1) is 5.10 Å². The van der Waals surface area contributed by atoms with Gasteiger partial charge >= 0.3 is 12.4 Å². The molecule has 1 aliphatic heterocycles. The number of rotatable bonds is 6. The smallest absolute Gasteiger partial charge is 0.433 e. The molecule has 37 heavy (non-hydrogen) atoms. The van der Waals surface area contributed by atoms with E-state index in [4.69, 9.17) is 4.74 Å². The van der Waals surface area contributed by atoms with E-state index in [9.17, 15) is 26.3 Å². The minimum Gasteiger partial charge on any atom is -0.468 e. The van der Waals surface area contributed by atoms with Gasteiger partial charge in [-0.05, 0) is 60.3 Å². The predicted molar refractivity (Wildman–Crippen MR) is 123 cm³/mol. The summed E-state index contributed by atoms with van der Waals surface area (Å²) in [5.41, 5.74) is 0.939. The number of nitrogens with zero attached hydrogens (tertiary/aromatic N) is 5. The highest BCUT2D eigenvalue weighted by Crippen LogP contribution is 2.45. The number of aromatic nitrogens is 4. The Hall–Kier alpha value is -3.05. The summed E-state index contributed by atoms with van der Waals surface area (Å²) in [5.74, 6) is 1.32. The van der Waals surface area contributed by atoms with Crippen LogP contribution in [0.5, 0.6) is 5.88 Å². The summed E-state index contributed by atoms with van der Waals surface area (Å²) in [6, 6.07) is 5.91. The molecule has 1 saturated heterocycles. The van der Waals surface area contributed by atoms with Gasteiger partial charge in [0.05, 0.1) is 0 Å². The van der Waals surface area contributed by atoms with Gasteiger partial charge in [-0.2, -0.15) is 30.9 Å². The summed E-state index contributed by atoms with van der Waals surface area (Å²) in [4.78, 5) is 10.1. The van der Waals surface area contributed by atoms with Crippen LogP contribution in [0.1, 0.15) is 49.7 Å². The van der Waals surface area contributed by atoms with Gasteiger partial charge in [0.15, 0.2) is 18.1 Å². The third-order valence-electron chi connectivity index (χ3n) is 7.38. The van der Waals surface area contributed by atoms with Gasteiger partial charge in [0.2, 0.25) is 5.88 Å². The van der Waals surface area contributed by atoms with Crippen LogP contribution in [0.2, 0.25) is 0 Å². The minimum absolute atomic E-state index is 0.0218. The Morgan fingerprint density at radius 3 is 2.35 bits per heavy atom. The van der Waals surface area contributed by atoms with Crippen molar-refractivity contribution < 1.29 is 31.1 Å². The standard InChI is InChI=1S/C25H27F6N5O/c1-14(2)18-5-6-22(37-13-24(26,27)28)36-23(18)33-21(34-36)10-19-15-3-4-16(19)12-35(11-15)17-7-8-32-20(9-17)25(29,30)31/h5-9,14-16,19H,3-4,10-13H2,1-2H3/t15-,16+,19?. The highest BCUT2D eigenvalue weighted by Gasteiger charge is 2.43. The van der Waals surface area contributed by atoms with Crippen LogP contribution in [0.15, 0.2) is 30.5 Å². The fraction of sp³-hybridized carbons (Fsp3) is 0.560. The molecule has 0 radical (unpaired) electrons. The quantitative estimate of drug-likeness (QED) is 0.373. The number of alkyl halides is 6. The van der Waals surface area contributed by atoms with Gasteiger partial charge in [-0.1, -0.05) is 13.8 Å². The molecule has 0 spiro atoms. The number of hydrogen-bond donors (Lipinski definition) is 0. The van der Waals surface area contributed by atoms with Crippen LogP contribution < -0.4 is 9.64 Å². The zero-order valence-electron chi connectivity index (χ0n) is 20.4. The number of piperidine rings is 1. The number of fused-ring (bicyclic) bond motifs is 3. The second-order valence-corrected chi connectivity index (χ2v) is 10.2. The summed E-state index contributed by atoms with van der Waals surface area (Å²) in [7, 11) is 0. The van der Waals surface area contributed by atoms with Crippen molar-refractivity contribution in [2.45, 2.75) is 51.4 Å². The average Bonchev–Trinajstić information content (AvgIpc) is 3.33. The van der Waals surface area contributed by atoms with Crippen molar-refractivity contribution in [2.24, 2.45) is 17.8 Å². The molecule has 6 nitrogen and oxygen atoms in total. The van der Waals surface area contributed by atoms with E-state index in [1.807, 2.05) is 18.7 Å². The Kier molecular flexibility index (Phi) is 6.47. The van der Waals surface area contributed by atoms with Crippen LogP contribution in [0.3, 0.4) is 0 Å². The van der Waals surface area contributed by atoms with Crippen molar-refractivity contribution in [1.82, 2.24) is 19.6 Å². The molecule has 2 fully saturated rings. The molecule has 0 aromatic carbocycles. The largest absolute Gasteiger partial charge is 0.468 e. The van der Waals surface area contributed by atoms with E-state index in [0.29, 0.717) is 36.7 Å². The number of hydrogen-bond acceptors (Lipinski definition) is 5. The summed E-state index contributed by atoms with van der Waals surface area (Å²) < 4.78 is 84.1. The van der Waals surface area contributed by atoms with Gasteiger partial charge < -0.3 is 9.64 Å². The maximum absolute atomic E-state index is 13.1. The van der Waals surface area contributed by atoms with Crippen LogP contribution in [0, 0.1) is 17.8 Å². The van der Waals surface area contributed by atoms with Crippen molar-refractivity contribution in [3.8, 4) is 5.88 Å². The van der Waals surface area contributed by atoms with E-state index in [1.165, 1.54) is 16.8 Å². The van der Waals surface area contributed by atoms with E-state index in [2.05, 4.69) is 15.1 Å². The van der Waals surface area contributed by atoms with Crippen LogP contribution in [0.4, 0.5) is 32.0 Å². The zero-order valence-corrected chi connectivity index (χ0v) is 20.4. The molecule has 1 unspecified atom stereocenters. The molecular weight excluding hydrogens is 500 g/mol. The molecule has 12 heteroatoms. The molecule has 4 heterocycles. The lowest BCUT2D eigenvalue weighted by atomic mass is 9.82. The molecule has 3 atom stereocenters. The molecule has 1 aliphatic carbocycles. The summed E-state index contributed by atoms with van der Waals surface area (Å²) in [5, 5.41) is 4.53. The third kappa shape index (κ3) is 5.33. The maximum Gasteiger partial charge on any atom is 0.433 e. The Morgan fingerprint density at radius 2 is 1.73 bits per heavy atom. The number of pyridine rings is 2. The topological polar surface area (TPSA) is 55.6 Å². The molecule has 2 bridgehead atoms. The maximum atomic E-state index is 13.1. The Morgan fingerprint density at radius 1 is 1.03 bits per heavy atom. The van der Waals surface area contributed by atoms with Gasteiger partial charge in [0.1, 0.15) is 5.69 Å². The fourth-order valence-corrected chi connectivity index (χ4v) is 5.66. The zero-order chi connectivity index (χ0) is 26.5. The van der Waals surface area contributed by atoms with E-state index >= 15 is 0 Å². The van der Waals surface area contributed by atoms with E-state index in [-0.39, 0.29) is 29.6 Å². The van der Waals surface area contributed by atoms with Crippen molar-refractivity contribution in [1.29, 1.82) is 0 Å². The monoisotopic (exact) mass is 527 g/mol. The van der Waals surface area contributed by atoms with Crippen LogP contribution in [-0.2, 0) is 12.6 Å². The van der Waals surface area contributed by atoms with E-state index < -0.39 is 24.7 Å². The second kappa shape index (κ2) is 9.36. The fourth-order valence-electron chi connectivity index (χ4n) is 5.66. The lowest BCUT2D eigenvalue weighted by molar-refractivity contribution is -0.154. The Labute approximate surface area is 209 Å². The number of ether oxygens (including phenoxy) is 1. The molecule has 0 N–H and O–H groups in total. The molecule has 2 aliphatic rings. The minimum atomic E-state index is -4.50. The first-order valence-corrected chi connectivity index (χ1v) is 12.3. The molecule has 200 valence electrons. The molecule has 5 rings (SSSR count). The van der Waals surface area contributed by atoms with E-state index in [1.54, 1.807) is 12.1 Å². The normalized spacial score (nSPS) is 22.3. The van der Waals surface area contributed by atoms with Crippen molar-refractivity contribution in [3.63, 3.8) is 0 Å². The number of anilines is 1. The first-order valence-electron chi connectivity index (χ1n) is 12.3. The molecule has 0 amide bonds. The SMILES string of the molecule is CC(C)c1ccc(OCC(F)(F)F)n2nc(CC3[C@@H]4CC[C@H]3CN(c3ccnc(C(F)(F)F)c3)C4)nc12. The third-order valence-corrected chi connectivity index (χ3v) is 7.38. The van der Waals surface area contributed by atoms with Gasteiger partial charge in [0, 0.05) is 37.5 Å². The average molecular weight is 528 g/mol. The van der Waals surface area contributed by atoms with Crippen molar-refractivity contribution in [3.05, 3.63) is 47.5 Å².